The molecule has 1 aliphatic rings. The predicted molar refractivity (Wildman–Crippen MR) is 102 cm³/mol. The molecule has 6 nitrogen and oxygen atoms in total. The van der Waals surface area contributed by atoms with Gasteiger partial charge in [-0.15, -0.1) is 0 Å². The molecule has 0 aliphatic carbocycles. The van der Waals surface area contributed by atoms with Crippen molar-refractivity contribution in [3.8, 4) is 0 Å². The molecule has 0 saturated carbocycles. The van der Waals surface area contributed by atoms with Gasteiger partial charge < -0.3 is 18.8 Å². The van der Waals surface area contributed by atoms with E-state index in [4.69, 9.17) is 25.5 Å². The maximum Gasteiger partial charge on any atom is 0.248 e. The van der Waals surface area contributed by atoms with Crippen LogP contribution >= 0.6 is 11.6 Å². The zero-order valence-corrected chi connectivity index (χ0v) is 16.3. The van der Waals surface area contributed by atoms with Crippen molar-refractivity contribution in [3.63, 3.8) is 0 Å². The molecule has 1 aromatic heterocycles. The summed E-state index contributed by atoms with van der Waals surface area (Å²) in [5.74, 6) is 1.62. The maximum atomic E-state index is 12.3. The Hall–Kier alpha value is -1.89. The van der Waals surface area contributed by atoms with E-state index in [0.717, 1.165) is 30.7 Å². The van der Waals surface area contributed by atoms with E-state index in [9.17, 15) is 4.79 Å². The number of hydrogen-bond donors (Lipinski definition) is 0. The van der Waals surface area contributed by atoms with Crippen molar-refractivity contribution >= 4 is 17.5 Å². The Morgan fingerprint density at radius 2 is 2.30 bits per heavy atom. The van der Waals surface area contributed by atoms with Crippen molar-refractivity contribution in [2.24, 2.45) is 0 Å². The number of carbonyl (C=O) groups is 1. The van der Waals surface area contributed by atoms with Gasteiger partial charge in [0.05, 0.1) is 25.3 Å². The van der Waals surface area contributed by atoms with Crippen molar-refractivity contribution in [2.75, 3.05) is 40.0 Å². The first-order valence-electron chi connectivity index (χ1n) is 9.19. The molecule has 146 valence electrons. The highest BCUT2D eigenvalue weighted by Gasteiger charge is 2.27. The van der Waals surface area contributed by atoms with Gasteiger partial charge in [-0.1, -0.05) is 23.7 Å². The predicted octanol–water partition coefficient (Wildman–Crippen LogP) is 3.29. The molecule has 1 fully saturated rings. The van der Waals surface area contributed by atoms with Gasteiger partial charge in [0.15, 0.2) is 5.89 Å². The minimum atomic E-state index is 0.00140. The van der Waals surface area contributed by atoms with E-state index in [1.165, 1.54) is 0 Å². The Kier molecular flexibility index (Phi) is 7.26. The largest absolute Gasteiger partial charge is 0.445 e. The molecule has 0 spiro atoms. The van der Waals surface area contributed by atoms with Crippen LogP contribution in [0.25, 0.3) is 0 Å². The summed E-state index contributed by atoms with van der Waals surface area (Å²) in [5.41, 5.74) is 1.08. The van der Waals surface area contributed by atoms with Crippen LogP contribution in [-0.2, 0) is 20.7 Å². The molecule has 0 bridgehead atoms. The number of halogens is 1. The van der Waals surface area contributed by atoms with Crippen LogP contribution in [-0.4, -0.2) is 55.8 Å². The molecule has 1 saturated heterocycles. The highest BCUT2D eigenvalue weighted by Crippen LogP contribution is 2.27. The normalized spacial score (nSPS) is 17.3. The second-order valence-electron chi connectivity index (χ2n) is 6.70. The highest BCUT2D eigenvalue weighted by molar-refractivity contribution is 6.30. The minimum absolute atomic E-state index is 0.00140. The van der Waals surface area contributed by atoms with E-state index in [1.54, 1.807) is 13.3 Å². The fraction of sp³-hybridized carbons (Fsp3) is 0.500. The van der Waals surface area contributed by atoms with Crippen molar-refractivity contribution in [1.82, 2.24) is 9.88 Å². The number of amides is 1. The minimum Gasteiger partial charge on any atom is -0.445 e. The number of hydrogen-bond acceptors (Lipinski definition) is 5. The first-order valence-corrected chi connectivity index (χ1v) is 9.57. The van der Waals surface area contributed by atoms with Crippen LogP contribution in [0.1, 0.15) is 36.0 Å². The second kappa shape index (κ2) is 9.88. The van der Waals surface area contributed by atoms with Gasteiger partial charge in [0.1, 0.15) is 12.4 Å². The van der Waals surface area contributed by atoms with E-state index in [0.29, 0.717) is 37.1 Å². The highest BCUT2D eigenvalue weighted by atomic mass is 35.5. The van der Waals surface area contributed by atoms with Gasteiger partial charge in [0.25, 0.3) is 0 Å². The molecule has 1 unspecified atom stereocenters. The van der Waals surface area contributed by atoms with Gasteiger partial charge in [0.2, 0.25) is 5.91 Å². The number of carbonyl (C=O) groups excluding carboxylic acids is 1. The fourth-order valence-electron chi connectivity index (χ4n) is 3.24. The summed E-state index contributed by atoms with van der Waals surface area (Å²) in [6.45, 7) is 2.36. The van der Waals surface area contributed by atoms with Gasteiger partial charge in [-0.2, -0.15) is 0 Å². The Morgan fingerprint density at radius 3 is 3.11 bits per heavy atom. The molecule has 27 heavy (non-hydrogen) atoms. The van der Waals surface area contributed by atoms with E-state index in [1.807, 2.05) is 29.2 Å². The average Bonchev–Trinajstić information content (AvgIpc) is 3.14. The molecule has 3 rings (SSSR count). The summed E-state index contributed by atoms with van der Waals surface area (Å²) < 4.78 is 16.2. The number of benzene rings is 1. The van der Waals surface area contributed by atoms with Gasteiger partial charge in [-0.05, 0) is 30.5 Å². The molecule has 1 amide bonds. The van der Waals surface area contributed by atoms with Crippen molar-refractivity contribution in [3.05, 3.63) is 52.7 Å². The number of likely N-dealkylation sites (tertiary alicyclic amines) is 1. The third-order valence-corrected chi connectivity index (χ3v) is 4.85. The van der Waals surface area contributed by atoms with Gasteiger partial charge in [-0.25, -0.2) is 4.98 Å². The first-order chi connectivity index (χ1) is 13.2. The van der Waals surface area contributed by atoms with Gasteiger partial charge in [-0.3, -0.25) is 4.79 Å². The number of rotatable bonds is 8. The monoisotopic (exact) mass is 392 g/mol. The molecule has 0 N–H and O–H groups in total. The Balaban J connectivity index is 1.55. The maximum absolute atomic E-state index is 12.3. The Labute approximate surface area is 164 Å². The van der Waals surface area contributed by atoms with E-state index in [2.05, 4.69) is 4.98 Å². The van der Waals surface area contributed by atoms with Crippen LogP contribution in [0, 0.1) is 0 Å². The lowest BCUT2D eigenvalue weighted by molar-refractivity contribution is -0.137. The summed E-state index contributed by atoms with van der Waals surface area (Å²) in [5, 5.41) is 0.710. The molecule has 2 heterocycles. The number of aromatic nitrogens is 1. The summed E-state index contributed by atoms with van der Waals surface area (Å²) in [6, 6.07) is 7.71. The van der Waals surface area contributed by atoms with E-state index >= 15 is 0 Å². The smallest absolute Gasteiger partial charge is 0.248 e. The average molecular weight is 393 g/mol. The lowest BCUT2D eigenvalue weighted by Gasteiger charge is -2.31. The first kappa shape index (κ1) is 19.9. The summed E-state index contributed by atoms with van der Waals surface area (Å²) >= 11 is 6.04. The number of methoxy groups -OCH3 is 1. The zero-order valence-electron chi connectivity index (χ0n) is 15.5. The summed E-state index contributed by atoms with van der Waals surface area (Å²) in [4.78, 5) is 18.6. The molecule has 7 heteroatoms. The fourth-order valence-corrected chi connectivity index (χ4v) is 3.45. The van der Waals surface area contributed by atoms with Crippen molar-refractivity contribution < 1.29 is 18.7 Å². The van der Waals surface area contributed by atoms with Crippen LogP contribution < -0.4 is 0 Å². The second-order valence-corrected chi connectivity index (χ2v) is 7.13. The van der Waals surface area contributed by atoms with Crippen LogP contribution in [0.4, 0.5) is 0 Å². The molecule has 0 radical (unpaired) electrons. The van der Waals surface area contributed by atoms with E-state index in [-0.39, 0.29) is 18.4 Å². The number of nitrogens with zero attached hydrogens (tertiary/aromatic N) is 2. The lowest BCUT2D eigenvalue weighted by Crippen LogP contribution is -2.41. The quantitative estimate of drug-likeness (QED) is 0.645. The van der Waals surface area contributed by atoms with Crippen LogP contribution in [0.2, 0.25) is 5.02 Å². The Morgan fingerprint density at radius 1 is 1.41 bits per heavy atom. The molecule has 2 aromatic rings. The molecule has 1 aliphatic heterocycles. The van der Waals surface area contributed by atoms with Crippen LogP contribution in [0.15, 0.2) is 34.9 Å². The number of piperidine rings is 1. The van der Waals surface area contributed by atoms with E-state index < -0.39 is 0 Å². The van der Waals surface area contributed by atoms with Crippen molar-refractivity contribution in [1.29, 1.82) is 0 Å². The van der Waals surface area contributed by atoms with Gasteiger partial charge in [0, 0.05) is 31.6 Å². The third-order valence-electron chi connectivity index (χ3n) is 4.62. The molecule has 1 aromatic carbocycles. The van der Waals surface area contributed by atoms with Crippen LogP contribution in [0.3, 0.4) is 0 Å². The van der Waals surface area contributed by atoms with Crippen LogP contribution in [0.5, 0.6) is 0 Å². The topological polar surface area (TPSA) is 64.8 Å². The standard InChI is InChI=1S/C20H25ClN2O4/c1-25-8-9-26-14-19(24)23-7-3-5-16(13-23)20-22-12-18(27-20)11-15-4-2-6-17(21)10-15/h2,4,6,10,12,16H,3,5,7-9,11,13-14H2,1H3. The van der Waals surface area contributed by atoms with Gasteiger partial charge >= 0.3 is 0 Å². The summed E-state index contributed by atoms with van der Waals surface area (Å²) in [7, 11) is 1.61. The Bertz CT molecular complexity index is 749. The SMILES string of the molecule is COCCOCC(=O)N1CCCC(c2ncc(Cc3cccc(Cl)c3)o2)C1. The lowest BCUT2D eigenvalue weighted by atomic mass is 9.98. The van der Waals surface area contributed by atoms with Crippen molar-refractivity contribution in [2.45, 2.75) is 25.2 Å². The number of ether oxygens (including phenoxy) is 2. The molecular weight excluding hydrogens is 368 g/mol. The number of oxazole rings is 1. The molecule has 1 atom stereocenters. The zero-order chi connectivity index (χ0) is 19.1. The summed E-state index contributed by atoms with van der Waals surface area (Å²) in [6.07, 6.45) is 4.31. The molecular formula is C20H25ClN2O4. The third kappa shape index (κ3) is 5.79.